The van der Waals surface area contributed by atoms with Crippen molar-refractivity contribution in [1.82, 2.24) is 0 Å². The lowest BCUT2D eigenvalue weighted by Crippen LogP contribution is -2.24. The number of aromatic hydroxyl groups is 1. The molecule has 0 aliphatic carbocycles. The van der Waals surface area contributed by atoms with E-state index in [0.717, 1.165) is 23.2 Å². The van der Waals surface area contributed by atoms with Gasteiger partial charge in [-0.15, -0.1) is 0 Å². The highest BCUT2D eigenvalue weighted by Crippen LogP contribution is 2.28. The molecule has 0 bridgehead atoms. The second kappa shape index (κ2) is 5.75. The molecular formula is C13H21NO2. The number of aryl methyl sites for hydroxylation is 1. The lowest BCUT2D eigenvalue weighted by Gasteiger charge is -2.19. The van der Waals surface area contributed by atoms with Crippen LogP contribution in [0.5, 0.6) is 5.75 Å². The number of hydrogen-bond acceptors (Lipinski definition) is 3. The van der Waals surface area contributed by atoms with Crippen LogP contribution < -0.4 is 5.32 Å². The summed E-state index contributed by atoms with van der Waals surface area (Å²) in [6.07, 6.45) is 0.988. The first-order chi connectivity index (χ1) is 7.60. The zero-order chi connectivity index (χ0) is 12.1. The van der Waals surface area contributed by atoms with Gasteiger partial charge in [0, 0.05) is 24.4 Å². The van der Waals surface area contributed by atoms with E-state index in [0.29, 0.717) is 12.4 Å². The molecule has 0 aliphatic heterocycles. The number of anilines is 1. The Morgan fingerprint density at radius 2 is 2.06 bits per heavy atom. The molecule has 90 valence electrons. The molecule has 3 nitrogen and oxygen atoms in total. The van der Waals surface area contributed by atoms with E-state index >= 15 is 0 Å². The number of rotatable bonds is 5. The average molecular weight is 223 g/mol. The summed E-state index contributed by atoms with van der Waals surface area (Å²) >= 11 is 0. The van der Waals surface area contributed by atoms with Crippen LogP contribution in [0.1, 0.15) is 24.5 Å². The standard InChI is InChI=1S/C13H21NO2/c1-5-11(8-16-4)14-12-7-6-9(2)13(15)10(12)3/h6-7,11,14-15H,5,8H2,1-4H3. The summed E-state index contributed by atoms with van der Waals surface area (Å²) in [6.45, 7) is 6.60. The van der Waals surface area contributed by atoms with Crippen LogP contribution in [0.2, 0.25) is 0 Å². The predicted octanol–water partition coefficient (Wildman–Crippen LogP) is 2.85. The number of ether oxygens (including phenoxy) is 1. The van der Waals surface area contributed by atoms with Crippen molar-refractivity contribution in [2.24, 2.45) is 0 Å². The summed E-state index contributed by atoms with van der Waals surface area (Å²) in [5.41, 5.74) is 2.78. The fraction of sp³-hybridized carbons (Fsp3) is 0.538. The molecule has 1 aromatic carbocycles. The van der Waals surface area contributed by atoms with Crippen LogP contribution in [-0.4, -0.2) is 24.9 Å². The number of benzene rings is 1. The molecule has 0 fully saturated rings. The molecule has 1 aromatic rings. The summed E-state index contributed by atoms with van der Waals surface area (Å²) in [7, 11) is 1.70. The van der Waals surface area contributed by atoms with Gasteiger partial charge in [-0.25, -0.2) is 0 Å². The molecule has 1 rings (SSSR count). The molecule has 0 aliphatic rings. The molecule has 0 amide bonds. The third-order valence-electron chi connectivity index (χ3n) is 2.85. The molecule has 1 unspecified atom stereocenters. The number of phenolic OH excluding ortho intramolecular Hbond substituents is 1. The van der Waals surface area contributed by atoms with Crippen molar-refractivity contribution < 1.29 is 9.84 Å². The maximum absolute atomic E-state index is 9.83. The first kappa shape index (κ1) is 12.8. The third-order valence-corrected chi connectivity index (χ3v) is 2.85. The fourth-order valence-corrected chi connectivity index (χ4v) is 1.67. The van der Waals surface area contributed by atoms with Crippen LogP contribution in [0, 0.1) is 13.8 Å². The Balaban J connectivity index is 2.84. The van der Waals surface area contributed by atoms with Gasteiger partial charge in [-0.3, -0.25) is 0 Å². The topological polar surface area (TPSA) is 41.5 Å². The lowest BCUT2D eigenvalue weighted by molar-refractivity contribution is 0.184. The van der Waals surface area contributed by atoms with E-state index in [4.69, 9.17) is 4.74 Å². The van der Waals surface area contributed by atoms with Crippen LogP contribution in [0.3, 0.4) is 0 Å². The van der Waals surface area contributed by atoms with Gasteiger partial charge in [-0.2, -0.15) is 0 Å². The van der Waals surface area contributed by atoms with Crippen LogP contribution in [0.15, 0.2) is 12.1 Å². The lowest BCUT2D eigenvalue weighted by atomic mass is 10.1. The second-order valence-corrected chi connectivity index (χ2v) is 4.11. The Kier molecular flexibility index (Phi) is 4.62. The fourth-order valence-electron chi connectivity index (χ4n) is 1.67. The van der Waals surface area contributed by atoms with Gasteiger partial charge in [-0.1, -0.05) is 13.0 Å². The monoisotopic (exact) mass is 223 g/mol. The van der Waals surface area contributed by atoms with Gasteiger partial charge >= 0.3 is 0 Å². The molecule has 0 saturated carbocycles. The van der Waals surface area contributed by atoms with E-state index in [1.165, 1.54) is 0 Å². The van der Waals surface area contributed by atoms with Crippen molar-refractivity contribution in [2.45, 2.75) is 33.2 Å². The van der Waals surface area contributed by atoms with Crippen LogP contribution in [0.4, 0.5) is 5.69 Å². The Bertz CT molecular complexity index is 350. The van der Waals surface area contributed by atoms with Crippen molar-refractivity contribution in [3.05, 3.63) is 23.3 Å². The summed E-state index contributed by atoms with van der Waals surface area (Å²) < 4.78 is 5.14. The molecule has 0 radical (unpaired) electrons. The van der Waals surface area contributed by atoms with Gasteiger partial charge in [0.05, 0.1) is 6.61 Å². The van der Waals surface area contributed by atoms with E-state index < -0.39 is 0 Å². The number of nitrogens with one attached hydrogen (secondary N) is 1. The van der Waals surface area contributed by atoms with Gasteiger partial charge in [0.15, 0.2) is 0 Å². The number of hydrogen-bond donors (Lipinski definition) is 2. The van der Waals surface area contributed by atoms with Crippen molar-refractivity contribution in [3.8, 4) is 5.75 Å². The highest BCUT2D eigenvalue weighted by molar-refractivity contribution is 5.59. The van der Waals surface area contributed by atoms with Crippen molar-refractivity contribution in [2.75, 3.05) is 19.0 Å². The number of phenols is 1. The smallest absolute Gasteiger partial charge is 0.123 e. The van der Waals surface area contributed by atoms with E-state index in [-0.39, 0.29) is 6.04 Å². The third kappa shape index (κ3) is 2.89. The highest BCUT2D eigenvalue weighted by Gasteiger charge is 2.10. The van der Waals surface area contributed by atoms with Crippen LogP contribution >= 0.6 is 0 Å². The Hall–Kier alpha value is -1.22. The first-order valence-electron chi connectivity index (χ1n) is 5.64. The van der Waals surface area contributed by atoms with Crippen molar-refractivity contribution >= 4 is 5.69 Å². The maximum Gasteiger partial charge on any atom is 0.123 e. The molecule has 3 heteroatoms. The summed E-state index contributed by atoms with van der Waals surface area (Å²) in [5.74, 6) is 0.372. The maximum atomic E-state index is 9.83. The van der Waals surface area contributed by atoms with Gasteiger partial charge in [0.1, 0.15) is 5.75 Å². The highest BCUT2D eigenvalue weighted by atomic mass is 16.5. The predicted molar refractivity (Wildman–Crippen MR) is 67.2 cm³/mol. The van der Waals surface area contributed by atoms with Gasteiger partial charge < -0.3 is 15.2 Å². The largest absolute Gasteiger partial charge is 0.507 e. The average Bonchev–Trinajstić information content (AvgIpc) is 2.29. The Morgan fingerprint density at radius 1 is 1.38 bits per heavy atom. The SMILES string of the molecule is CCC(COC)Nc1ccc(C)c(O)c1C. The Labute approximate surface area is 97.4 Å². The van der Waals surface area contributed by atoms with E-state index in [1.54, 1.807) is 7.11 Å². The second-order valence-electron chi connectivity index (χ2n) is 4.11. The molecule has 0 spiro atoms. The van der Waals surface area contributed by atoms with Gasteiger partial charge in [0.25, 0.3) is 0 Å². The van der Waals surface area contributed by atoms with E-state index in [9.17, 15) is 5.11 Å². The molecule has 0 aromatic heterocycles. The minimum atomic E-state index is 0.283. The zero-order valence-corrected chi connectivity index (χ0v) is 10.5. The molecular weight excluding hydrogens is 202 g/mol. The van der Waals surface area contributed by atoms with E-state index in [1.807, 2.05) is 26.0 Å². The quantitative estimate of drug-likeness (QED) is 0.806. The van der Waals surface area contributed by atoms with Crippen LogP contribution in [-0.2, 0) is 4.74 Å². The van der Waals surface area contributed by atoms with Crippen LogP contribution in [0.25, 0.3) is 0 Å². The molecule has 16 heavy (non-hydrogen) atoms. The summed E-state index contributed by atoms with van der Waals surface area (Å²) in [5, 5.41) is 13.2. The minimum Gasteiger partial charge on any atom is -0.507 e. The molecule has 1 atom stereocenters. The molecule has 0 saturated heterocycles. The Morgan fingerprint density at radius 3 is 2.62 bits per heavy atom. The zero-order valence-electron chi connectivity index (χ0n) is 10.5. The normalized spacial score (nSPS) is 12.5. The number of methoxy groups -OCH3 is 1. The van der Waals surface area contributed by atoms with E-state index in [2.05, 4.69) is 12.2 Å². The van der Waals surface area contributed by atoms with Gasteiger partial charge in [-0.05, 0) is 31.9 Å². The molecule has 0 heterocycles. The minimum absolute atomic E-state index is 0.283. The summed E-state index contributed by atoms with van der Waals surface area (Å²) in [4.78, 5) is 0. The first-order valence-corrected chi connectivity index (χ1v) is 5.64. The summed E-state index contributed by atoms with van der Waals surface area (Å²) in [6, 6.07) is 4.21. The van der Waals surface area contributed by atoms with Gasteiger partial charge in [0.2, 0.25) is 0 Å². The molecule has 2 N–H and O–H groups in total. The van der Waals surface area contributed by atoms with Crippen molar-refractivity contribution in [3.63, 3.8) is 0 Å². The van der Waals surface area contributed by atoms with Crippen molar-refractivity contribution in [1.29, 1.82) is 0 Å².